The standard InChI is InChI=1S/C23H33N3O/c1-5-18-7-6-8-21(14-18)25(4)15-23(27)22-13-16(2)26(17(22)3)20-11-9-19(24)10-12-20/h9-13,18,21H,5-8,14-15,24H2,1-4H3. The topological polar surface area (TPSA) is 51.3 Å². The van der Waals surface area contributed by atoms with Crippen LogP contribution in [0.25, 0.3) is 5.69 Å². The highest BCUT2D eigenvalue weighted by molar-refractivity contribution is 5.99. The number of Topliss-reactive ketones (excluding diaryl/α,β-unsaturated/α-hetero) is 1. The van der Waals surface area contributed by atoms with Crippen molar-refractivity contribution in [2.75, 3.05) is 19.3 Å². The summed E-state index contributed by atoms with van der Waals surface area (Å²) in [6.45, 7) is 6.86. The molecule has 0 aliphatic heterocycles. The Balaban J connectivity index is 1.75. The molecule has 0 saturated heterocycles. The van der Waals surface area contributed by atoms with Gasteiger partial charge in [0, 0.05) is 34.4 Å². The van der Waals surface area contributed by atoms with E-state index in [9.17, 15) is 4.79 Å². The fraction of sp³-hybridized carbons (Fsp3) is 0.522. The smallest absolute Gasteiger partial charge is 0.178 e. The minimum absolute atomic E-state index is 0.214. The number of aromatic nitrogens is 1. The van der Waals surface area contributed by atoms with Crippen molar-refractivity contribution >= 4 is 11.5 Å². The molecule has 1 heterocycles. The molecule has 4 nitrogen and oxygen atoms in total. The largest absolute Gasteiger partial charge is 0.399 e. The molecule has 4 heteroatoms. The number of likely N-dealkylation sites (N-methyl/N-ethyl adjacent to an activating group) is 1. The molecule has 1 aliphatic carbocycles. The van der Waals surface area contributed by atoms with Gasteiger partial charge in [-0.2, -0.15) is 0 Å². The van der Waals surface area contributed by atoms with Crippen molar-refractivity contribution in [3.8, 4) is 5.69 Å². The van der Waals surface area contributed by atoms with E-state index in [0.717, 1.165) is 34.2 Å². The van der Waals surface area contributed by atoms with Crippen LogP contribution in [0.15, 0.2) is 30.3 Å². The highest BCUT2D eigenvalue weighted by Gasteiger charge is 2.26. The average Bonchev–Trinajstić information content (AvgIpc) is 2.97. The van der Waals surface area contributed by atoms with Crippen molar-refractivity contribution in [2.24, 2.45) is 5.92 Å². The van der Waals surface area contributed by atoms with E-state index in [1.807, 2.05) is 37.3 Å². The molecule has 1 aliphatic rings. The van der Waals surface area contributed by atoms with Gasteiger partial charge >= 0.3 is 0 Å². The van der Waals surface area contributed by atoms with Crippen LogP contribution in [-0.2, 0) is 0 Å². The third-order valence-corrected chi connectivity index (χ3v) is 6.23. The molecule has 0 bridgehead atoms. The molecule has 2 N–H and O–H groups in total. The van der Waals surface area contributed by atoms with Crippen molar-refractivity contribution in [3.63, 3.8) is 0 Å². The minimum Gasteiger partial charge on any atom is -0.399 e. The number of hydrogen-bond donors (Lipinski definition) is 1. The Bertz CT molecular complexity index is 791. The van der Waals surface area contributed by atoms with Crippen molar-refractivity contribution in [1.82, 2.24) is 9.47 Å². The molecule has 2 aromatic rings. The molecular formula is C23H33N3O. The molecule has 0 amide bonds. The van der Waals surface area contributed by atoms with E-state index in [1.165, 1.54) is 32.1 Å². The fourth-order valence-corrected chi connectivity index (χ4v) is 4.54. The normalized spacial score (nSPS) is 20.2. The Morgan fingerprint density at radius 2 is 1.93 bits per heavy atom. The zero-order valence-corrected chi connectivity index (χ0v) is 17.2. The SMILES string of the molecule is CCC1CCCC(N(C)CC(=O)c2cc(C)n(-c3ccc(N)cc3)c2C)C1. The Morgan fingerprint density at radius 3 is 2.59 bits per heavy atom. The second-order valence-corrected chi connectivity index (χ2v) is 8.14. The number of aryl methyl sites for hydroxylation is 1. The number of ketones is 1. The monoisotopic (exact) mass is 367 g/mol. The number of nitrogen functional groups attached to an aromatic ring is 1. The second kappa shape index (κ2) is 8.30. The lowest BCUT2D eigenvalue weighted by Crippen LogP contribution is -2.39. The number of carbonyl (C=O) groups is 1. The van der Waals surface area contributed by atoms with Crippen LogP contribution >= 0.6 is 0 Å². The van der Waals surface area contributed by atoms with Gasteiger partial charge in [0.25, 0.3) is 0 Å². The van der Waals surface area contributed by atoms with E-state index < -0.39 is 0 Å². The second-order valence-electron chi connectivity index (χ2n) is 8.14. The summed E-state index contributed by atoms with van der Waals surface area (Å²) >= 11 is 0. The lowest BCUT2D eigenvalue weighted by atomic mass is 9.83. The van der Waals surface area contributed by atoms with E-state index in [2.05, 4.69) is 30.4 Å². The summed E-state index contributed by atoms with van der Waals surface area (Å²) in [7, 11) is 2.11. The van der Waals surface area contributed by atoms with Crippen LogP contribution in [-0.4, -0.2) is 34.9 Å². The number of carbonyl (C=O) groups excluding carboxylic acids is 1. The molecule has 3 rings (SSSR count). The average molecular weight is 368 g/mol. The van der Waals surface area contributed by atoms with Crippen molar-refractivity contribution < 1.29 is 4.79 Å². The minimum atomic E-state index is 0.214. The maximum Gasteiger partial charge on any atom is 0.178 e. The fourth-order valence-electron chi connectivity index (χ4n) is 4.54. The Labute approximate surface area is 163 Å². The van der Waals surface area contributed by atoms with E-state index in [-0.39, 0.29) is 5.78 Å². The van der Waals surface area contributed by atoms with Crippen LogP contribution in [0.4, 0.5) is 5.69 Å². The summed E-state index contributed by atoms with van der Waals surface area (Å²) in [6.07, 6.45) is 6.32. The lowest BCUT2D eigenvalue weighted by molar-refractivity contribution is 0.0876. The predicted octanol–water partition coefficient (Wildman–Crippen LogP) is 4.76. The van der Waals surface area contributed by atoms with Crippen molar-refractivity contribution in [2.45, 2.75) is 58.9 Å². The highest BCUT2D eigenvalue weighted by Crippen LogP contribution is 2.29. The molecule has 27 heavy (non-hydrogen) atoms. The molecule has 1 saturated carbocycles. The number of nitrogens with zero attached hydrogens (tertiary/aromatic N) is 2. The Hall–Kier alpha value is -2.07. The number of benzene rings is 1. The van der Waals surface area contributed by atoms with E-state index >= 15 is 0 Å². The zero-order chi connectivity index (χ0) is 19.6. The van der Waals surface area contributed by atoms with Crippen LogP contribution in [0.3, 0.4) is 0 Å². The van der Waals surface area contributed by atoms with Crippen LogP contribution in [0.2, 0.25) is 0 Å². The maximum atomic E-state index is 13.0. The third-order valence-electron chi connectivity index (χ3n) is 6.23. The van der Waals surface area contributed by atoms with Gasteiger partial charge in [-0.15, -0.1) is 0 Å². The van der Waals surface area contributed by atoms with Gasteiger partial charge in [-0.3, -0.25) is 9.69 Å². The van der Waals surface area contributed by atoms with Gasteiger partial charge < -0.3 is 10.3 Å². The first-order chi connectivity index (χ1) is 12.9. The van der Waals surface area contributed by atoms with Crippen LogP contribution < -0.4 is 5.73 Å². The number of hydrogen-bond acceptors (Lipinski definition) is 3. The Kier molecular flexibility index (Phi) is 6.05. The number of nitrogens with two attached hydrogens (primary N) is 1. The van der Waals surface area contributed by atoms with Crippen LogP contribution in [0.5, 0.6) is 0 Å². The maximum absolute atomic E-state index is 13.0. The summed E-state index contributed by atoms with van der Waals surface area (Å²) in [4.78, 5) is 15.3. The summed E-state index contributed by atoms with van der Waals surface area (Å²) in [5.41, 5.74) is 10.5. The molecule has 2 atom stereocenters. The summed E-state index contributed by atoms with van der Waals surface area (Å²) in [5, 5.41) is 0. The summed E-state index contributed by atoms with van der Waals surface area (Å²) < 4.78 is 2.14. The summed E-state index contributed by atoms with van der Waals surface area (Å²) in [5.74, 6) is 1.03. The molecule has 1 fully saturated rings. The number of rotatable bonds is 6. The van der Waals surface area contributed by atoms with Crippen LogP contribution in [0, 0.1) is 19.8 Å². The quantitative estimate of drug-likeness (QED) is 0.591. The first kappa shape index (κ1) is 19.7. The van der Waals surface area contributed by atoms with Gasteiger partial charge in [-0.25, -0.2) is 0 Å². The van der Waals surface area contributed by atoms with E-state index in [0.29, 0.717) is 12.6 Å². The Morgan fingerprint density at radius 1 is 1.22 bits per heavy atom. The van der Waals surface area contributed by atoms with Gasteiger partial charge in [0.05, 0.1) is 6.54 Å². The van der Waals surface area contributed by atoms with E-state index in [4.69, 9.17) is 5.73 Å². The predicted molar refractivity (Wildman–Crippen MR) is 113 cm³/mol. The molecule has 1 aromatic heterocycles. The molecule has 146 valence electrons. The first-order valence-corrected chi connectivity index (χ1v) is 10.2. The first-order valence-electron chi connectivity index (χ1n) is 10.2. The van der Waals surface area contributed by atoms with Crippen molar-refractivity contribution in [1.29, 1.82) is 0 Å². The lowest BCUT2D eigenvalue weighted by Gasteiger charge is -2.34. The van der Waals surface area contributed by atoms with Gasteiger partial charge in [-0.05, 0) is 70.0 Å². The molecule has 1 aromatic carbocycles. The van der Waals surface area contributed by atoms with E-state index in [1.54, 1.807) is 0 Å². The molecular weight excluding hydrogens is 334 g/mol. The van der Waals surface area contributed by atoms with Gasteiger partial charge in [0.2, 0.25) is 0 Å². The highest BCUT2D eigenvalue weighted by atomic mass is 16.1. The number of anilines is 1. The van der Waals surface area contributed by atoms with Gasteiger partial charge in [0.15, 0.2) is 5.78 Å². The zero-order valence-electron chi connectivity index (χ0n) is 17.2. The third kappa shape index (κ3) is 4.27. The van der Waals surface area contributed by atoms with Crippen LogP contribution in [0.1, 0.15) is 60.8 Å². The molecule has 0 spiro atoms. The van der Waals surface area contributed by atoms with Gasteiger partial charge in [0.1, 0.15) is 0 Å². The molecule has 2 unspecified atom stereocenters. The van der Waals surface area contributed by atoms with Gasteiger partial charge in [-0.1, -0.05) is 26.2 Å². The summed E-state index contributed by atoms with van der Waals surface area (Å²) in [6, 6.07) is 10.4. The van der Waals surface area contributed by atoms with Crippen molar-refractivity contribution in [3.05, 3.63) is 47.3 Å². The molecule has 0 radical (unpaired) electrons.